The third-order valence-corrected chi connectivity index (χ3v) is 5.17. The minimum Gasteiger partial charge on any atom is -0.726 e. The summed E-state index contributed by atoms with van der Waals surface area (Å²) in [5.41, 5.74) is 7.65. The highest BCUT2D eigenvalue weighted by atomic mass is 32.3. The van der Waals surface area contributed by atoms with Crippen LogP contribution in [0.25, 0.3) is 32.8 Å². The van der Waals surface area contributed by atoms with Gasteiger partial charge in [0.1, 0.15) is 11.0 Å². The molecule has 0 saturated carbocycles. The molecule has 2 aromatic carbocycles. The molecule has 1 N–H and O–H groups in total. The maximum Gasteiger partial charge on any atom is 0.288 e. The maximum atomic E-state index is 9.22. The zero-order valence-electron chi connectivity index (χ0n) is 16.0. The van der Waals surface area contributed by atoms with Crippen LogP contribution in [0.5, 0.6) is 0 Å². The third kappa shape index (κ3) is 3.66. The third-order valence-electron chi connectivity index (χ3n) is 4.77. The van der Waals surface area contributed by atoms with Gasteiger partial charge in [-0.25, -0.2) is 18.0 Å². The van der Waals surface area contributed by atoms with Crippen LogP contribution in [0.1, 0.15) is 16.7 Å². The number of hydrogen-bond acceptors (Lipinski definition) is 4. The van der Waals surface area contributed by atoms with Crippen molar-refractivity contribution in [3.63, 3.8) is 0 Å². The molecule has 0 unspecified atom stereocenters. The minimum atomic E-state index is -4.41. The molecule has 0 aliphatic rings. The molecule has 0 atom stereocenters. The molecule has 4 rings (SSSR count). The van der Waals surface area contributed by atoms with Crippen LogP contribution < -0.4 is 4.57 Å². The molecule has 2 heterocycles. The van der Waals surface area contributed by atoms with Gasteiger partial charge in [-0.1, -0.05) is 23.3 Å². The topological polar surface area (TPSA) is 86.1 Å². The SMILES string of the molecule is COS(=O)(=O)[O-].Cc1ccc2c(c1)c(C)c1c3cc(C)ccc3[nH]c1[n+]2C. The van der Waals surface area contributed by atoms with Crippen molar-refractivity contribution in [2.45, 2.75) is 20.8 Å². The van der Waals surface area contributed by atoms with Gasteiger partial charge in [-0.05, 0) is 50.6 Å². The van der Waals surface area contributed by atoms with Gasteiger partial charge in [0.25, 0.3) is 5.65 Å². The first-order chi connectivity index (χ1) is 12.6. The van der Waals surface area contributed by atoms with Gasteiger partial charge in [-0.15, -0.1) is 0 Å². The van der Waals surface area contributed by atoms with Crippen LogP contribution in [0, 0.1) is 20.8 Å². The lowest BCUT2D eigenvalue weighted by Gasteiger charge is -2.06. The number of benzene rings is 2. The molecule has 0 fully saturated rings. The molecule has 0 bridgehead atoms. The van der Waals surface area contributed by atoms with Crippen LogP contribution in [0.2, 0.25) is 0 Å². The Labute approximate surface area is 158 Å². The lowest BCUT2D eigenvalue weighted by Crippen LogP contribution is -2.30. The molecular formula is C20H22N2O4S. The van der Waals surface area contributed by atoms with Crippen molar-refractivity contribution in [1.29, 1.82) is 0 Å². The predicted molar refractivity (Wildman–Crippen MR) is 105 cm³/mol. The fraction of sp³-hybridized carbons (Fsp3) is 0.250. The molecule has 4 aromatic rings. The van der Waals surface area contributed by atoms with E-state index in [2.05, 4.69) is 78.0 Å². The van der Waals surface area contributed by atoms with E-state index in [9.17, 15) is 13.0 Å². The average Bonchev–Trinajstić information content (AvgIpc) is 2.98. The number of aryl methyl sites for hydroxylation is 4. The van der Waals surface area contributed by atoms with Crippen LogP contribution in [0.4, 0.5) is 0 Å². The number of rotatable bonds is 1. The number of nitrogens with zero attached hydrogens (tertiary/aromatic N) is 1. The van der Waals surface area contributed by atoms with Gasteiger partial charge in [0.15, 0.2) is 0 Å². The summed E-state index contributed by atoms with van der Waals surface area (Å²) in [7, 11) is -1.46. The summed E-state index contributed by atoms with van der Waals surface area (Å²) >= 11 is 0. The summed E-state index contributed by atoms with van der Waals surface area (Å²) in [4.78, 5) is 3.58. The van der Waals surface area contributed by atoms with Crippen molar-refractivity contribution < 1.29 is 21.7 Å². The van der Waals surface area contributed by atoms with Gasteiger partial charge in [0, 0.05) is 10.8 Å². The monoisotopic (exact) mass is 386 g/mol. The fourth-order valence-corrected chi connectivity index (χ4v) is 3.42. The first kappa shape index (κ1) is 19.3. The Morgan fingerprint density at radius 1 is 1.00 bits per heavy atom. The van der Waals surface area contributed by atoms with E-state index in [0.29, 0.717) is 0 Å². The Morgan fingerprint density at radius 2 is 1.56 bits per heavy atom. The smallest absolute Gasteiger partial charge is 0.288 e. The zero-order chi connectivity index (χ0) is 19.9. The number of aromatic amines is 1. The van der Waals surface area contributed by atoms with Crippen LogP contribution in [-0.4, -0.2) is 25.1 Å². The molecule has 0 aliphatic heterocycles. The van der Waals surface area contributed by atoms with E-state index in [1.165, 1.54) is 49.5 Å². The summed E-state index contributed by atoms with van der Waals surface area (Å²) in [5.74, 6) is 0. The zero-order valence-corrected chi connectivity index (χ0v) is 16.8. The highest BCUT2D eigenvalue weighted by Crippen LogP contribution is 2.31. The van der Waals surface area contributed by atoms with Gasteiger partial charge in [0.05, 0.1) is 19.5 Å². The van der Waals surface area contributed by atoms with Gasteiger partial charge >= 0.3 is 0 Å². The quantitative estimate of drug-likeness (QED) is 0.309. The second-order valence-electron chi connectivity index (χ2n) is 6.68. The summed E-state index contributed by atoms with van der Waals surface area (Å²) in [5, 5.41) is 4.00. The Kier molecular flexibility index (Phi) is 4.94. The number of hydrogen-bond donors (Lipinski definition) is 1. The molecule has 2 aromatic heterocycles. The fourth-order valence-electron chi connectivity index (χ4n) is 3.42. The van der Waals surface area contributed by atoms with E-state index in [4.69, 9.17) is 0 Å². The molecule has 6 nitrogen and oxygen atoms in total. The number of fused-ring (bicyclic) bond motifs is 4. The lowest BCUT2D eigenvalue weighted by atomic mass is 10.0. The number of H-pyrrole nitrogens is 1. The Bertz CT molecular complexity index is 1270. The van der Waals surface area contributed by atoms with E-state index < -0.39 is 10.4 Å². The molecule has 27 heavy (non-hydrogen) atoms. The van der Waals surface area contributed by atoms with Crippen molar-refractivity contribution in [3.05, 3.63) is 53.1 Å². The first-order valence-corrected chi connectivity index (χ1v) is 9.78. The van der Waals surface area contributed by atoms with E-state index in [1.54, 1.807) is 0 Å². The molecule has 0 spiro atoms. The van der Waals surface area contributed by atoms with Crippen molar-refractivity contribution in [1.82, 2.24) is 4.98 Å². The van der Waals surface area contributed by atoms with Crippen molar-refractivity contribution in [3.8, 4) is 0 Å². The molecule has 0 amide bonds. The van der Waals surface area contributed by atoms with E-state index in [0.717, 1.165) is 7.11 Å². The molecule has 0 aliphatic carbocycles. The molecule has 7 heteroatoms. The predicted octanol–water partition coefficient (Wildman–Crippen LogP) is 3.32. The first-order valence-electron chi connectivity index (χ1n) is 8.45. The van der Waals surface area contributed by atoms with E-state index in [-0.39, 0.29) is 0 Å². The van der Waals surface area contributed by atoms with Gasteiger partial charge in [0.2, 0.25) is 10.4 Å². The van der Waals surface area contributed by atoms with Gasteiger partial charge < -0.3 is 4.55 Å². The molecule has 0 saturated heterocycles. The summed E-state index contributed by atoms with van der Waals surface area (Å²) in [6.07, 6.45) is 0. The highest BCUT2D eigenvalue weighted by molar-refractivity contribution is 7.80. The number of pyridine rings is 1. The largest absolute Gasteiger partial charge is 0.726 e. The standard InChI is InChI=1S/C19H18N2.CH4O4S/c1-11-5-7-16-15(10-11)18-13(3)14-9-12(2)6-8-17(14)21(4)19(18)20-16;1-5-6(2,3)4/h5-10H,1-4H3;1H3,(H,2,3,4). The van der Waals surface area contributed by atoms with E-state index in [1.807, 2.05) is 0 Å². The minimum absolute atomic E-state index is 0.808. The summed E-state index contributed by atoms with van der Waals surface area (Å²) in [6, 6.07) is 13.3. The Morgan fingerprint density at radius 3 is 2.15 bits per heavy atom. The molecule has 142 valence electrons. The van der Waals surface area contributed by atoms with Crippen LogP contribution in [0.3, 0.4) is 0 Å². The number of aromatic nitrogens is 2. The second-order valence-corrected chi connectivity index (χ2v) is 7.83. The summed E-state index contributed by atoms with van der Waals surface area (Å²) in [6.45, 7) is 6.54. The number of nitrogens with one attached hydrogen (secondary N) is 1. The lowest BCUT2D eigenvalue weighted by molar-refractivity contribution is -0.619. The average molecular weight is 386 g/mol. The Balaban J connectivity index is 0.000000307. The van der Waals surface area contributed by atoms with Crippen molar-refractivity contribution in [2.24, 2.45) is 7.05 Å². The molecular weight excluding hydrogens is 364 g/mol. The Hall–Kier alpha value is -2.48. The van der Waals surface area contributed by atoms with E-state index >= 15 is 0 Å². The maximum absolute atomic E-state index is 9.22. The van der Waals surface area contributed by atoms with Crippen LogP contribution in [0.15, 0.2) is 36.4 Å². The van der Waals surface area contributed by atoms with Gasteiger partial charge in [-0.3, -0.25) is 4.18 Å². The highest BCUT2D eigenvalue weighted by Gasteiger charge is 2.19. The second kappa shape index (κ2) is 6.92. The van der Waals surface area contributed by atoms with Crippen LogP contribution >= 0.6 is 0 Å². The normalized spacial score (nSPS) is 11.8. The van der Waals surface area contributed by atoms with Crippen LogP contribution in [-0.2, 0) is 21.6 Å². The van der Waals surface area contributed by atoms with Gasteiger partial charge in [-0.2, -0.15) is 0 Å². The van der Waals surface area contributed by atoms with Crippen molar-refractivity contribution in [2.75, 3.05) is 7.11 Å². The molecule has 0 radical (unpaired) electrons. The van der Waals surface area contributed by atoms with Crippen molar-refractivity contribution >= 4 is 43.2 Å². The summed E-state index contributed by atoms with van der Waals surface area (Å²) < 4.78 is 33.3.